The molecule has 0 spiro atoms. The van der Waals surface area contributed by atoms with E-state index in [1.165, 1.54) is 11.3 Å². The molecule has 1 rings (SSSR count). The first-order valence-corrected chi connectivity index (χ1v) is 7.02. The molecule has 5 nitrogen and oxygen atoms in total. The molecular weight excluding hydrogens is 264 g/mol. The Bertz CT molecular complexity index is 454. The van der Waals surface area contributed by atoms with E-state index in [1.54, 1.807) is 26.0 Å². The number of hydrogen-bond acceptors (Lipinski definition) is 5. The van der Waals surface area contributed by atoms with Crippen molar-refractivity contribution in [2.75, 3.05) is 6.61 Å². The van der Waals surface area contributed by atoms with Gasteiger partial charge >= 0.3 is 5.97 Å². The van der Waals surface area contributed by atoms with Gasteiger partial charge in [-0.25, -0.2) is 5.43 Å². The van der Waals surface area contributed by atoms with Crippen LogP contribution in [-0.4, -0.2) is 24.2 Å². The van der Waals surface area contributed by atoms with E-state index < -0.39 is 5.92 Å². The second-order valence-electron chi connectivity index (χ2n) is 3.88. The molecule has 1 heterocycles. The molecule has 0 aliphatic heterocycles. The molecule has 1 aromatic heterocycles. The Labute approximate surface area is 116 Å². The summed E-state index contributed by atoms with van der Waals surface area (Å²) in [4.78, 5) is 24.0. The molecule has 0 fully saturated rings. The third kappa shape index (κ3) is 4.48. The highest BCUT2D eigenvalue weighted by molar-refractivity contribution is 7.12. The van der Waals surface area contributed by atoms with Crippen molar-refractivity contribution in [2.45, 2.75) is 27.2 Å². The van der Waals surface area contributed by atoms with Crippen LogP contribution < -0.4 is 5.43 Å². The summed E-state index contributed by atoms with van der Waals surface area (Å²) < 4.78 is 4.96. The maximum atomic E-state index is 11.7. The SMILES string of the molecule is CCOC(=O)C(CC)C(C)=NNC(=O)c1cccs1. The average Bonchev–Trinajstić information content (AvgIpc) is 2.91. The van der Waals surface area contributed by atoms with Gasteiger partial charge in [0.1, 0.15) is 0 Å². The van der Waals surface area contributed by atoms with Crippen molar-refractivity contribution < 1.29 is 14.3 Å². The molecule has 6 heteroatoms. The number of amides is 1. The first-order chi connectivity index (χ1) is 9.10. The van der Waals surface area contributed by atoms with E-state index >= 15 is 0 Å². The Morgan fingerprint density at radius 1 is 1.47 bits per heavy atom. The van der Waals surface area contributed by atoms with Crippen LogP contribution in [0.15, 0.2) is 22.6 Å². The van der Waals surface area contributed by atoms with Crippen LogP contribution in [0.3, 0.4) is 0 Å². The zero-order chi connectivity index (χ0) is 14.3. The van der Waals surface area contributed by atoms with Crippen molar-refractivity contribution in [1.29, 1.82) is 0 Å². The van der Waals surface area contributed by atoms with Crippen LogP contribution in [0.4, 0.5) is 0 Å². The summed E-state index contributed by atoms with van der Waals surface area (Å²) in [6, 6.07) is 3.51. The van der Waals surface area contributed by atoms with Gasteiger partial charge in [-0.2, -0.15) is 5.10 Å². The van der Waals surface area contributed by atoms with Gasteiger partial charge in [-0.3, -0.25) is 9.59 Å². The van der Waals surface area contributed by atoms with E-state index in [0.29, 0.717) is 23.6 Å². The molecule has 1 N–H and O–H groups in total. The van der Waals surface area contributed by atoms with Crippen molar-refractivity contribution in [3.63, 3.8) is 0 Å². The third-order valence-corrected chi connectivity index (χ3v) is 3.43. The molecule has 1 amide bonds. The Morgan fingerprint density at radius 2 is 2.21 bits per heavy atom. The number of carbonyl (C=O) groups excluding carboxylic acids is 2. The molecule has 0 aliphatic rings. The van der Waals surface area contributed by atoms with Crippen molar-refractivity contribution in [3.8, 4) is 0 Å². The van der Waals surface area contributed by atoms with Gasteiger partial charge in [0.15, 0.2) is 0 Å². The number of rotatable bonds is 6. The Balaban J connectivity index is 2.64. The van der Waals surface area contributed by atoms with Crippen LogP contribution in [0, 0.1) is 5.92 Å². The largest absolute Gasteiger partial charge is 0.465 e. The first-order valence-electron chi connectivity index (χ1n) is 6.14. The summed E-state index contributed by atoms with van der Waals surface area (Å²) in [6.07, 6.45) is 0.586. The molecule has 0 aromatic carbocycles. The molecule has 1 aromatic rings. The summed E-state index contributed by atoms with van der Waals surface area (Å²) in [6.45, 7) is 5.68. The van der Waals surface area contributed by atoms with Gasteiger partial charge in [-0.05, 0) is 31.7 Å². The van der Waals surface area contributed by atoms with Crippen molar-refractivity contribution in [3.05, 3.63) is 22.4 Å². The van der Waals surface area contributed by atoms with Crippen molar-refractivity contribution in [2.24, 2.45) is 11.0 Å². The molecular formula is C13H18N2O3S. The monoisotopic (exact) mass is 282 g/mol. The number of hydrazone groups is 1. The van der Waals surface area contributed by atoms with Crippen LogP contribution in [0.1, 0.15) is 36.9 Å². The van der Waals surface area contributed by atoms with E-state index in [4.69, 9.17) is 4.74 Å². The van der Waals surface area contributed by atoms with Gasteiger partial charge in [0.05, 0.1) is 17.4 Å². The summed E-state index contributed by atoms with van der Waals surface area (Å²) in [7, 11) is 0. The van der Waals surface area contributed by atoms with Crippen LogP contribution in [0.5, 0.6) is 0 Å². The van der Waals surface area contributed by atoms with Crippen molar-refractivity contribution >= 4 is 28.9 Å². The predicted octanol–water partition coefficient (Wildman–Crippen LogP) is 2.44. The maximum Gasteiger partial charge on any atom is 0.314 e. The van der Waals surface area contributed by atoms with Crippen LogP contribution in [0.2, 0.25) is 0 Å². The lowest BCUT2D eigenvalue weighted by Gasteiger charge is -2.12. The lowest BCUT2D eigenvalue weighted by molar-refractivity contribution is -0.145. The molecule has 1 atom stereocenters. The fraction of sp³-hybridized carbons (Fsp3) is 0.462. The lowest BCUT2D eigenvalue weighted by atomic mass is 10.0. The maximum absolute atomic E-state index is 11.7. The van der Waals surface area contributed by atoms with E-state index in [1.807, 2.05) is 12.3 Å². The molecule has 0 bridgehead atoms. The topological polar surface area (TPSA) is 67.8 Å². The normalized spacial score (nSPS) is 12.9. The molecule has 0 saturated heterocycles. The smallest absolute Gasteiger partial charge is 0.314 e. The highest BCUT2D eigenvalue weighted by Gasteiger charge is 2.21. The van der Waals surface area contributed by atoms with Gasteiger partial charge in [-0.15, -0.1) is 11.3 Å². The Hall–Kier alpha value is -1.69. The van der Waals surface area contributed by atoms with E-state index in [2.05, 4.69) is 10.5 Å². The predicted molar refractivity (Wildman–Crippen MR) is 75.3 cm³/mol. The molecule has 1 unspecified atom stereocenters. The molecule has 19 heavy (non-hydrogen) atoms. The first kappa shape index (κ1) is 15.4. The van der Waals surface area contributed by atoms with Gasteiger partial charge in [0.2, 0.25) is 0 Å². The Morgan fingerprint density at radius 3 is 2.74 bits per heavy atom. The summed E-state index contributed by atoms with van der Waals surface area (Å²) >= 11 is 1.34. The summed E-state index contributed by atoms with van der Waals surface area (Å²) in [5.41, 5.74) is 3.00. The fourth-order valence-electron chi connectivity index (χ4n) is 1.56. The van der Waals surface area contributed by atoms with E-state index in [9.17, 15) is 9.59 Å². The number of hydrogen-bond donors (Lipinski definition) is 1. The minimum absolute atomic E-state index is 0.270. The fourth-order valence-corrected chi connectivity index (χ4v) is 2.17. The van der Waals surface area contributed by atoms with Gasteiger partial charge in [0, 0.05) is 5.71 Å². The van der Waals surface area contributed by atoms with E-state index in [0.717, 1.165) is 0 Å². The molecule has 0 saturated carbocycles. The van der Waals surface area contributed by atoms with E-state index in [-0.39, 0.29) is 11.9 Å². The quantitative estimate of drug-likeness (QED) is 0.495. The second-order valence-corrected chi connectivity index (χ2v) is 4.83. The lowest BCUT2D eigenvalue weighted by Crippen LogP contribution is -2.27. The summed E-state index contributed by atoms with van der Waals surface area (Å²) in [5, 5.41) is 5.80. The van der Waals surface area contributed by atoms with Crippen LogP contribution in [-0.2, 0) is 9.53 Å². The third-order valence-electron chi connectivity index (χ3n) is 2.56. The standard InChI is InChI=1S/C13H18N2O3S/c1-4-10(13(17)18-5-2)9(3)14-15-12(16)11-7-6-8-19-11/h6-8,10H,4-5H2,1-3H3,(H,15,16). The Kier molecular flexibility index (Phi) is 6.21. The number of nitrogens with zero attached hydrogens (tertiary/aromatic N) is 1. The number of ether oxygens (including phenoxy) is 1. The van der Waals surface area contributed by atoms with Gasteiger partial charge < -0.3 is 4.74 Å². The highest BCUT2D eigenvalue weighted by Crippen LogP contribution is 2.10. The second kappa shape index (κ2) is 7.68. The highest BCUT2D eigenvalue weighted by atomic mass is 32.1. The molecule has 0 aliphatic carbocycles. The zero-order valence-electron chi connectivity index (χ0n) is 11.3. The van der Waals surface area contributed by atoms with Crippen molar-refractivity contribution in [1.82, 2.24) is 5.43 Å². The number of thiophene rings is 1. The molecule has 104 valence electrons. The van der Waals surface area contributed by atoms with Gasteiger partial charge in [0.25, 0.3) is 5.91 Å². The minimum Gasteiger partial charge on any atom is -0.465 e. The number of esters is 1. The zero-order valence-corrected chi connectivity index (χ0v) is 12.1. The summed E-state index contributed by atoms with van der Waals surface area (Å²) in [5.74, 6) is -0.992. The van der Waals surface area contributed by atoms with Crippen LogP contribution in [0.25, 0.3) is 0 Å². The number of nitrogens with one attached hydrogen (secondary N) is 1. The average molecular weight is 282 g/mol. The molecule has 0 radical (unpaired) electrons. The minimum atomic E-state index is -0.413. The number of carbonyl (C=O) groups is 2. The van der Waals surface area contributed by atoms with Crippen LogP contribution >= 0.6 is 11.3 Å². The van der Waals surface area contributed by atoms with Gasteiger partial charge in [-0.1, -0.05) is 13.0 Å².